The summed E-state index contributed by atoms with van der Waals surface area (Å²) in [6.45, 7) is 0.892. The second-order valence-electron chi connectivity index (χ2n) is 3.38. The first-order valence-corrected chi connectivity index (χ1v) is 4.34. The maximum Gasteiger partial charge on any atom is 0.293 e. The zero-order valence-electron chi connectivity index (χ0n) is 7.82. The number of amides is 1. The van der Waals surface area contributed by atoms with Gasteiger partial charge in [-0.15, -0.1) is 5.10 Å². The number of aryl methyl sites for hydroxylation is 2. The van der Waals surface area contributed by atoms with Gasteiger partial charge in [-0.3, -0.25) is 4.79 Å². The highest BCUT2D eigenvalue weighted by molar-refractivity contribution is 5.89. The number of hydrogen-bond acceptors (Lipinski definition) is 3. The minimum absolute atomic E-state index is 0.123. The van der Waals surface area contributed by atoms with Crippen LogP contribution in [0.3, 0.4) is 0 Å². The zero-order valence-corrected chi connectivity index (χ0v) is 7.82. The van der Waals surface area contributed by atoms with Gasteiger partial charge in [0.15, 0.2) is 0 Å². The normalized spacial score (nSPS) is 14.3. The average molecular weight is 180 g/mol. The van der Waals surface area contributed by atoms with Gasteiger partial charge < -0.3 is 4.90 Å². The van der Waals surface area contributed by atoms with E-state index in [9.17, 15) is 4.79 Å². The molecule has 1 aliphatic rings. The van der Waals surface area contributed by atoms with Crippen LogP contribution in [0.2, 0.25) is 0 Å². The van der Waals surface area contributed by atoms with E-state index in [1.807, 2.05) is 4.68 Å². The van der Waals surface area contributed by atoms with Crippen LogP contribution in [0.5, 0.6) is 0 Å². The van der Waals surface area contributed by atoms with Gasteiger partial charge >= 0.3 is 0 Å². The summed E-state index contributed by atoms with van der Waals surface area (Å²) in [7, 11) is 3.41. The molecule has 0 radical (unpaired) electrons. The number of nitrogens with zero attached hydrogens (tertiary/aromatic N) is 4. The smallest absolute Gasteiger partial charge is 0.293 e. The van der Waals surface area contributed by atoms with E-state index in [1.54, 1.807) is 14.1 Å². The molecular weight excluding hydrogens is 168 g/mol. The van der Waals surface area contributed by atoms with E-state index in [0.717, 1.165) is 25.2 Å². The van der Waals surface area contributed by atoms with Gasteiger partial charge in [-0.1, -0.05) is 0 Å². The molecule has 0 fully saturated rings. The lowest BCUT2D eigenvalue weighted by Gasteiger charge is -2.05. The van der Waals surface area contributed by atoms with Crippen molar-refractivity contribution in [3.05, 3.63) is 11.6 Å². The first kappa shape index (κ1) is 8.22. The number of aromatic nitrogens is 3. The van der Waals surface area contributed by atoms with E-state index in [4.69, 9.17) is 0 Å². The molecule has 0 aliphatic carbocycles. The summed E-state index contributed by atoms with van der Waals surface area (Å²) in [5, 5.41) is 4.13. The molecule has 5 heteroatoms. The van der Waals surface area contributed by atoms with Crippen molar-refractivity contribution < 1.29 is 4.79 Å². The standard InChI is InChI=1S/C8H12N4O/c1-11(2)8(13)7-9-6-4-3-5-12(6)10-7/h3-5H2,1-2H3. The fourth-order valence-electron chi connectivity index (χ4n) is 1.42. The molecule has 0 unspecified atom stereocenters. The Balaban J connectivity index is 2.28. The van der Waals surface area contributed by atoms with Crippen molar-refractivity contribution in [1.29, 1.82) is 0 Å². The van der Waals surface area contributed by atoms with Gasteiger partial charge in [-0.25, -0.2) is 9.67 Å². The zero-order chi connectivity index (χ0) is 9.42. The van der Waals surface area contributed by atoms with Crippen molar-refractivity contribution in [1.82, 2.24) is 19.7 Å². The van der Waals surface area contributed by atoms with Crippen molar-refractivity contribution in [3.8, 4) is 0 Å². The molecule has 2 rings (SSSR count). The van der Waals surface area contributed by atoms with Crippen LogP contribution >= 0.6 is 0 Å². The summed E-state index contributed by atoms with van der Waals surface area (Å²) in [5.74, 6) is 1.13. The fourth-order valence-corrected chi connectivity index (χ4v) is 1.42. The summed E-state index contributed by atoms with van der Waals surface area (Å²) in [6, 6.07) is 0. The van der Waals surface area contributed by atoms with Crippen LogP contribution in [-0.4, -0.2) is 39.7 Å². The molecule has 2 heterocycles. The van der Waals surface area contributed by atoms with Gasteiger partial charge in [0.2, 0.25) is 5.82 Å². The molecule has 1 amide bonds. The maximum atomic E-state index is 11.4. The van der Waals surface area contributed by atoms with E-state index in [1.165, 1.54) is 4.90 Å². The van der Waals surface area contributed by atoms with Gasteiger partial charge in [0.1, 0.15) is 5.82 Å². The van der Waals surface area contributed by atoms with Crippen molar-refractivity contribution in [2.45, 2.75) is 19.4 Å². The van der Waals surface area contributed by atoms with Crippen LogP contribution in [0.25, 0.3) is 0 Å². The average Bonchev–Trinajstić information content (AvgIpc) is 2.59. The highest BCUT2D eigenvalue weighted by atomic mass is 16.2. The molecule has 0 bridgehead atoms. The molecule has 0 N–H and O–H groups in total. The molecule has 1 aromatic rings. The number of hydrogen-bond donors (Lipinski definition) is 0. The topological polar surface area (TPSA) is 51.0 Å². The Labute approximate surface area is 76.4 Å². The summed E-state index contributed by atoms with van der Waals surface area (Å²) >= 11 is 0. The van der Waals surface area contributed by atoms with E-state index in [2.05, 4.69) is 10.1 Å². The molecule has 0 aromatic carbocycles. The second kappa shape index (κ2) is 2.83. The van der Waals surface area contributed by atoms with Crippen LogP contribution in [0.4, 0.5) is 0 Å². The third kappa shape index (κ3) is 1.30. The maximum absolute atomic E-state index is 11.4. The van der Waals surface area contributed by atoms with E-state index in [-0.39, 0.29) is 5.91 Å². The summed E-state index contributed by atoms with van der Waals surface area (Å²) in [4.78, 5) is 17.1. The molecule has 0 saturated heterocycles. The number of fused-ring (bicyclic) bond motifs is 1. The predicted octanol–water partition coefficient (Wildman–Crippen LogP) is -0.0739. The summed E-state index contributed by atoms with van der Waals surface area (Å²) < 4.78 is 1.82. The Morgan fingerprint density at radius 3 is 2.92 bits per heavy atom. The van der Waals surface area contributed by atoms with Crippen LogP contribution < -0.4 is 0 Å². The van der Waals surface area contributed by atoms with Crippen LogP contribution in [0.1, 0.15) is 22.9 Å². The lowest BCUT2D eigenvalue weighted by atomic mass is 10.4. The number of carbonyl (C=O) groups excluding carboxylic acids is 1. The Morgan fingerprint density at radius 1 is 1.54 bits per heavy atom. The van der Waals surface area contributed by atoms with E-state index < -0.39 is 0 Å². The van der Waals surface area contributed by atoms with Crippen molar-refractivity contribution >= 4 is 5.91 Å². The Hall–Kier alpha value is -1.39. The molecule has 70 valence electrons. The summed E-state index contributed by atoms with van der Waals surface area (Å²) in [6.07, 6.45) is 2.03. The highest BCUT2D eigenvalue weighted by Crippen LogP contribution is 2.11. The highest BCUT2D eigenvalue weighted by Gasteiger charge is 2.20. The molecule has 1 aromatic heterocycles. The van der Waals surface area contributed by atoms with Crippen molar-refractivity contribution in [2.24, 2.45) is 0 Å². The molecule has 0 spiro atoms. The van der Waals surface area contributed by atoms with E-state index in [0.29, 0.717) is 5.82 Å². The molecule has 1 aliphatic heterocycles. The fraction of sp³-hybridized carbons (Fsp3) is 0.625. The Kier molecular flexibility index (Phi) is 1.79. The van der Waals surface area contributed by atoms with Gasteiger partial charge in [0.05, 0.1) is 0 Å². The van der Waals surface area contributed by atoms with Gasteiger partial charge in [0.25, 0.3) is 5.91 Å². The van der Waals surface area contributed by atoms with Crippen LogP contribution in [0, 0.1) is 0 Å². The molecule has 0 atom stereocenters. The minimum Gasteiger partial charge on any atom is -0.342 e. The first-order valence-electron chi connectivity index (χ1n) is 4.34. The number of carbonyl (C=O) groups is 1. The second-order valence-corrected chi connectivity index (χ2v) is 3.38. The molecular formula is C8H12N4O. The largest absolute Gasteiger partial charge is 0.342 e. The Morgan fingerprint density at radius 2 is 2.31 bits per heavy atom. The predicted molar refractivity (Wildman–Crippen MR) is 46.4 cm³/mol. The molecule has 13 heavy (non-hydrogen) atoms. The minimum atomic E-state index is -0.123. The van der Waals surface area contributed by atoms with Gasteiger partial charge in [-0.2, -0.15) is 0 Å². The lowest BCUT2D eigenvalue weighted by Crippen LogP contribution is -2.23. The lowest BCUT2D eigenvalue weighted by molar-refractivity contribution is 0.0815. The third-order valence-electron chi connectivity index (χ3n) is 2.12. The monoisotopic (exact) mass is 180 g/mol. The SMILES string of the molecule is CN(C)C(=O)c1nc2n(n1)CCC2. The van der Waals surface area contributed by atoms with Crippen molar-refractivity contribution in [3.63, 3.8) is 0 Å². The van der Waals surface area contributed by atoms with Gasteiger partial charge in [0, 0.05) is 27.1 Å². The Bertz CT molecular complexity index is 320. The molecule has 5 nitrogen and oxygen atoms in total. The third-order valence-corrected chi connectivity index (χ3v) is 2.12. The number of rotatable bonds is 1. The first-order chi connectivity index (χ1) is 6.18. The van der Waals surface area contributed by atoms with Crippen LogP contribution in [0.15, 0.2) is 0 Å². The van der Waals surface area contributed by atoms with Crippen LogP contribution in [-0.2, 0) is 13.0 Å². The van der Waals surface area contributed by atoms with Crippen molar-refractivity contribution in [2.75, 3.05) is 14.1 Å². The van der Waals surface area contributed by atoms with Gasteiger partial charge in [-0.05, 0) is 6.42 Å². The summed E-state index contributed by atoms with van der Waals surface area (Å²) in [5.41, 5.74) is 0. The van der Waals surface area contributed by atoms with E-state index >= 15 is 0 Å². The molecule has 0 saturated carbocycles. The quantitative estimate of drug-likeness (QED) is 0.607.